The van der Waals surface area contributed by atoms with Gasteiger partial charge < -0.3 is 10.6 Å². The van der Waals surface area contributed by atoms with Gasteiger partial charge in [0.15, 0.2) is 0 Å². The van der Waals surface area contributed by atoms with Gasteiger partial charge in [-0.05, 0) is 25.8 Å². The van der Waals surface area contributed by atoms with Crippen LogP contribution < -0.4 is 5.73 Å². The maximum absolute atomic E-state index is 12.3. The van der Waals surface area contributed by atoms with Crippen LogP contribution >= 0.6 is 11.8 Å². The SMILES string of the molecule is CC1(C)CCN(C(CN)CC(=O)N2CCCC2)CCS1. The van der Waals surface area contributed by atoms with Crippen molar-refractivity contribution in [2.75, 3.05) is 38.5 Å². The van der Waals surface area contributed by atoms with Crippen molar-refractivity contribution in [3.05, 3.63) is 0 Å². The number of amides is 1. The van der Waals surface area contributed by atoms with E-state index in [2.05, 4.69) is 18.7 Å². The molecule has 2 aliphatic rings. The van der Waals surface area contributed by atoms with E-state index in [1.54, 1.807) is 0 Å². The lowest BCUT2D eigenvalue weighted by atomic mass is 10.1. The van der Waals surface area contributed by atoms with E-state index in [9.17, 15) is 4.79 Å². The minimum Gasteiger partial charge on any atom is -0.343 e. The molecule has 2 fully saturated rings. The van der Waals surface area contributed by atoms with Crippen LogP contribution in [0.3, 0.4) is 0 Å². The van der Waals surface area contributed by atoms with Crippen LogP contribution in [0.4, 0.5) is 0 Å². The molecule has 0 aromatic heterocycles. The first-order valence-electron chi connectivity index (χ1n) is 7.88. The standard InChI is InChI=1S/C15H29N3OS/c1-15(2)5-8-17(9-10-20-15)13(12-16)11-14(19)18-6-3-4-7-18/h13H,3-12,16H2,1-2H3. The first-order chi connectivity index (χ1) is 9.52. The van der Waals surface area contributed by atoms with Crippen molar-refractivity contribution in [1.82, 2.24) is 9.80 Å². The van der Waals surface area contributed by atoms with Crippen LogP contribution in [0.2, 0.25) is 0 Å². The zero-order valence-corrected chi connectivity index (χ0v) is 13.8. The number of hydrogen-bond donors (Lipinski definition) is 1. The van der Waals surface area contributed by atoms with E-state index in [4.69, 9.17) is 5.73 Å². The van der Waals surface area contributed by atoms with E-state index in [0.717, 1.165) is 44.8 Å². The van der Waals surface area contributed by atoms with Crippen molar-refractivity contribution in [2.45, 2.75) is 50.3 Å². The number of thioether (sulfide) groups is 1. The fourth-order valence-corrected chi connectivity index (χ4v) is 4.17. The summed E-state index contributed by atoms with van der Waals surface area (Å²) in [6, 6.07) is 0.220. The molecule has 0 aromatic rings. The van der Waals surface area contributed by atoms with E-state index < -0.39 is 0 Å². The van der Waals surface area contributed by atoms with Gasteiger partial charge in [0.05, 0.1) is 0 Å². The maximum Gasteiger partial charge on any atom is 0.224 e. The van der Waals surface area contributed by atoms with Gasteiger partial charge in [-0.2, -0.15) is 11.8 Å². The van der Waals surface area contributed by atoms with Crippen LogP contribution in [-0.4, -0.2) is 65.0 Å². The van der Waals surface area contributed by atoms with Gasteiger partial charge in [0.1, 0.15) is 0 Å². The van der Waals surface area contributed by atoms with Gasteiger partial charge in [-0.3, -0.25) is 9.69 Å². The van der Waals surface area contributed by atoms with Crippen LogP contribution in [0.1, 0.15) is 39.5 Å². The van der Waals surface area contributed by atoms with Crippen molar-refractivity contribution in [1.29, 1.82) is 0 Å². The Hall–Kier alpha value is -0.260. The lowest BCUT2D eigenvalue weighted by Gasteiger charge is -2.30. The highest BCUT2D eigenvalue weighted by molar-refractivity contribution is 8.00. The second kappa shape index (κ2) is 7.14. The number of carbonyl (C=O) groups excluding carboxylic acids is 1. The molecule has 20 heavy (non-hydrogen) atoms. The average molecular weight is 299 g/mol. The summed E-state index contributed by atoms with van der Waals surface area (Å²) < 4.78 is 0.354. The van der Waals surface area contributed by atoms with Crippen molar-refractivity contribution in [3.8, 4) is 0 Å². The van der Waals surface area contributed by atoms with E-state index >= 15 is 0 Å². The number of likely N-dealkylation sites (tertiary alicyclic amines) is 1. The lowest BCUT2D eigenvalue weighted by molar-refractivity contribution is -0.131. The second-order valence-corrected chi connectivity index (χ2v) is 8.38. The van der Waals surface area contributed by atoms with Gasteiger partial charge in [0, 0.05) is 49.1 Å². The molecule has 2 N–H and O–H groups in total. The minimum absolute atomic E-state index is 0.220. The first-order valence-corrected chi connectivity index (χ1v) is 8.86. The van der Waals surface area contributed by atoms with Gasteiger partial charge in [-0.25, -0.2) is 0 Å². The van der Waals surface area contributed by atoms with Crippen molar-refractivity contribution in [3.63, 3.8) is 0 Å². The van der Waals surface area contributed by atoms with Gasteiger partial charge in [-0.1, -0.05) is 13.8 Å². The molecule has 2 heterocycles. The van der Waals surface area contributed by atoms with Crippen LogP contribution in [0.5, 0.6) is 0 Å². The number of nitrogens with zero attached hydrogens (tertiary/aromatic N) is 2. The molecule has 0 aromatic carbocycles. The molecule has 0 bridgehead atoms. The molecule has 0 radical (unpaired) electrons. The monoisotopic (exact) mass is 299 g/mol. The average Bonchev–Trinajstić information content (AvgIpc) is 2.88. The Morgan fingerprint density at radius 1 is 1.25 bits per heavy atom. The Balaban J connectivity index is 1.88. The van der Waals surface area contributed by atoms with E-state index in [-0.39, 0.29) is 6.04 Å². The topological polar surface area (TPSA) is 49.6 Å². The summed E-state index contributed by atoms with van der Waals surface area (Å²) >= 11 is 2.04. The summed E-state index contributed by atoms with van der Waals surface area (Å²) in [4.78, 5) is 16.8. The minimum atomic E-state index is 0.220. The highest BCUT2D eigenvalue weighted by Crippen LogP contribution is 2.31. The molecule has 1 amide bonds. The van der Waals surface area contributed by atoms with Gasteiger partial charge in [-0.15, -0.1) is 0 Å². The number of nitrogens with two attached hydrogens (primary N) is 1. The Morgan fingerprint density at radius 3 is 2.60 bits per heavy atom. The number of carbonyl (C=O) groups is 1. The van der Waals surface area contributed by atoms with Crippen LogP contribution in [-0.2, 0) is 4.79 Å². The maximum atomic E-state index is 12.3. The Morgan fingerprint density at radius 2 is 1.95 bits per heavy atom. The molecular formula is C15H29N3OS. The zero-order valence-electron chi connectivity index (χ0n) is 12.9. The van der Waals surface area contributed by atoms with Crippen LogP contribution in [0.25, 0.3) is 0 Å². The summed E-state index contributed by atoms with van der Waals surface area (Å²) in [5.74, 6) is 1.44. The smallest absolute Gasteiger partial charge is 0.224 e. The molecular weight excluding hydrogens is 270 g/mol. The fraction of sp³-hybridized carbons (Fsp3) is 0.933. The zero-order chi connectivity index (χ0) is 14.6. The third kappa shape index (κ3) is 4.37. The van der Waals surface area contributed by atoms with E-state index in [0.29, 0.717) is 23.6 Å². The second-order valence-electron chi connectivity index (χ2n) is 6.58. The molecule has 5 heteroatoms. The quantitative estimate of drug-likeness (QED) is 0.855. The van der Waals surface area contributed by atoms with Crippen LogP contribution in [0.15, 0.2) is 0 Å². The van der Waals surface area contributed by atoms with Crippen molar-refractivity contribution in [2.24, 2.45) is 5.73 Å². The highest BCUT2D eigenvalue weighted by atomic mass is 32.2. The van der Waals surface area contributed by atoms with Crippen molar-refractivity contribution >= 4 is 17.7 Å². The Bertz CT molecular complexity index is 329. The molecule has 2 aliphatic heterocycles. The molecule has 116 valence electrons. The third-order valence-electron chi connectivity index (χ3n) is 4.53. The number of rotatable bonds is 4. The predicted octanol–water partition coefficient (Wildman–Crippen LogP) is 1.54. The third-order valence-corrected chi connectivity index (χ3v) is 5.90. The first kappa shape index (κ1) is 16.1. The summed E-state index contributed by atoms with van der Waals surface area (Å²) in [6.07, 6.45) is 4.09. The highest BCUT2D eigenvalue weighted by Gasteiger charge is 2.29. The molecule has 2 saturated heterocycles. The summed E-state index contributed by atoms with van der Waals surface area (Å²) in [5.41, 5.74) is 5.95. The Kier molecular flexibility index (Phi) is 5.75. The van der Waals surface area contributed by atoms with Crippen LogP contribution in [0, 0.1) is 0 Å². The van der Waals surface area contributed by atoms with Gasteiger partial charge in [0.25, 0.3) is 0 Å². The van der Waals surface area contributed by atoms with Gasteiger partial charge >= 0.3 is 0 Å². The molecule has 0 aliphatic carbocycles. The number of hydrogen-bond acceptors (Lipinski definition) is 4. The molecule has 0 spiro atoms. The van der Waals surface area contributed by atoms with E-state index in [1.165, 1.54) is 6.42 Å². The molecule has 2 rings (SSSR count). The molecule has 4 nitrogen and oxygen atoms in total. The Labute approximate surface area is 127 Å². The summed E-state index contributed by atoms with van der Waals surface area (Å²) in [7, 11) is 0. The molecule has 0 saturated carbocycles. The van der Waals surface area contributed by atoms with Crippen molar-refractivity contribution < 1.29 is 4.79 Å². The molecule has 1 atom stereocenters. The molecule has 1 unspecified atom stereocenters. The van der Waals surface area contributed by atoms with E-state index in [1.807, 2.05) is 16.7 Å². The fourth-order valence-electron chi connectivity index (χ4n) is 3.06. The normalized spacial score (nSPS) is 25.4. The summed E-state index contributed by atoms with van der Waals surface area (Å²) in [5, 5.41) is 0. The lowest BCUT2D eigenvalue weighted by Crippen LogP contribution is -2.45. The summed E-state index contributed by atoms with van der Waals surface area (Å²) in [6.45, 7) is 9.23. The van der Waals surface area contributed by atoms with Gasteiger partial charge in [0.2, 0.25) is 5.91 Å². The largest absolute Gasteiger partial charge is 0.343 e. The predicted molar refractivity (Wildman–Crippen MR) is 86.0 cm³/mol.